The van der Waals surface area contributed by atoms with Gasteiger partial charge in [0.15, 0.2) is 0 Å². The van der Waals surface area contributed by atoms with Crippen LogP contribution in [0.5, 0.6) is 0 Å². The summed E-state index contributed by atoms with van der Waals surface area (Å²) in [5.74, 6) is 0. The van der Waals surface area contributed by atoms with Gasteiger partial charge in [0, 0.05) is 23.1 Å². The lowest BCUT2D eigenvalue weighted by Crippen LogP contribution is -2.17. The molecule has 0 heterocycles. The predicted octanol–water partition coefficient (Wildman–Crippen LogP) is 4.63. The van der Waals surface area contributed by atoms with Gasteiger partial charge in [0.05, 0.1) is 0 Å². The molecule has 18 heavy (non-hydrogen) atoms. The van der Waals surface area contributed by atoms with E-state index >= 15 is 0 Å². The van der Waals surface area contributed by atoms with Crippen LogP contribution in [0, 0.1) is 0 Å². The van der Waals surface area contributed by atoms with Crippen molar-refractivity contribution >= 4 is 23.2 Å². The Morgan fingerprint density at radius 3 is 1.56 bits per heavy atom. The predicted molar refractivity (Wildman–Crippen MR) is 78.1 cm³/mol. The molecule has 2 rings (SSSR count). The van der Waals surface area contributed by atoms with Crippen LogP contribution in [0.3, 0.4) is 0 Å². The molecule has 1 nitrogen and oxygen atoms in total. The third-order valence-electron chi connectivity index (χ3n) is 2.80. The molecule has 2 aromatic rings. The zero-order valence-corrected chi connectivity index (χ0v) is 11.7. The standard InChI is InChI=1S/C15H15Cl2N/c1-18(10-12-6-2-4-8-14(12)16)11-13-7-3-5-9-15(13)17/h2-9H,10-11H2,1H3. The zero-order chi connectivity index (χ0) is 13.0. The Morgan fingerprint density at radius 2 is 1.17 bits per heavy atom. The highest BCUT2D eigenvalue weighted by atomic mass is 35.5. The monoisotopic (exact) mass is 279 g/mol. The van der Waals surface area contributed by atoms with E-state index in [4.69, 9.17) is 23.2 Å². The number of nitrogens with zero attached hydrogens (tertiary/aromatic N) is 1. The van der Waals surface area contributed by atoms with E-state index in [2.05, 4.69) is 11.9 Å². The molecule has 0 saturated carbocycles. The van der Waals surface area contributed by atoms with Gasteiger partial charge in [0.25, 0.3) is 0 Å². The van der Waals surface area contributed by atoms with Gasteiger partial charge in [-0.3, -0.25) is 4.90 Å². The minimum absolute atomic E-state index is 0.809. The lowest BCUT2D eigenvalue weighted by Gasteiger charge is -2.18. The topological polar surface area (TPSA) is 3.24 Å². The molecule has 2 aromatic carbocycles. The Hall–Kier alpha value is -1.02. The average molecular weight is 280 g/mol. The van der Waals surface area contributed by atoms with Crippen LogP contribution in [-0.4, -0.2) is 11.9 Å². The SMILES string of the molecule is CN(Cc1ccccc1Cl)Cc1ccccc1Cl. The smallest absolute Gasteiger partial charge is 0.0451 e. The van der Waals surface area contributed by atoms with E-state index in [1.54, 1.807) is 0 Å². The van der Waals surface area contributed by atoms with Crippen molar-refractivity contribution in [3.05, 3.63) is 69.7 Å². The van der Waals surface area contributed by atoms with Gasteiger partial charge in [0.2, 0.25) is 0 Å². The first-order valence-electron chi connectivity index (χ1n) is 5.82. The summed E-state index contributed by atoms with van der Waals surface area (Å²) in [6.45, 7) is 1.62. The highest BCUT2D eigenvalue weighted by Crippen LogP contribution is 2.20. The van der Waals surface area contributed by atoms with Crippen LogP contribution in [0.1, 0.15) is 11.1 Å². The van der Waals surface area contributed by atoms with E-state index in [9.17, 15) is 0 Å². The molecule has 0 aliphatic heterocycles. The third kappa shape index (κ3) is 3.49. The van der Waals surface area contributed by atoms with Crippen LogP contribution in [0.25, 0.3) is 0 Å². The molecule has 0 radical (unpaired) electrons. The molecule has 0 spiro atoms. The van der Waals surface area contributed by atoms with E-state index in [1.165, 1.54) is 0 Å². The minimum atomic E-state index is 0.809. The third-order valence-corrected chi connectivity index (χ3v) is 3.53. The summed E-state index contributed by atoms with van der Waals surface area (Å²) in [6, 6.07) is 15.8. The summed E-state index contributed by atoms with van der Waals surface area (Å²) in [4.78, 5) is 2.20. The van der Waals surface area contributed by atoms with E-state index in [0.717, 1.165) is 34.3 Å². The van der Waals surface area contributed by atoms with Crippen molar-refractivity contribution < 1.29 is 0 Å². The number of rotatable bonds is 4. The van der Waals surface area contributed by atoms with Crippen molar-refractivity contribution in [2.24, 2.45) is 0 Å². The van der Waals surface area contributed by atoms with Crippen molar-refractivity contribution in [2.45, 2.75) is 13.1 Å². The van der Waals surface area contributed by atoms with Crippen LogP contribution in [-0.2, 0) is 13.1 Å². The number of benzene rings is 2. The Kier molecular flexibility index (Phi) is 4.65. The fraction of sp³-hybridized carbons (Fsp3) is 0.200. The van der Waals surface area contributed by atoms with Gasteiger partial charge in [0.1, 0.15) is 0 Å². The van der Waals surface area contributed by atoms with Crippen LogP contribution in [0.2, 0.25) is 10.0 Å². The first kappa shape index (κ1) is 13.4. The van der Waals surface area contributed by atoms with E-state index in [1.807, 2.05) is 48.5 Å². The Morgan fingerprint density at radius 1 is 0.778 bits per heavy atom. The highest BCUT2D eigenvalue weighted by Gasteiger charge is 2.06. The van der Waals surface area contributed by atoms with Crippen LogP contribution in [0.4, 0.5) is 0 Å². The Bertz CT molecular complexity index is 478. The molecule has 0 amide bonds. The molecule has 0 aromatic heterocycles. The van der Waals surface area contributed by atoms with Crippen molar-refractivity contribution in [1.29, 1.82) is 0 Å². The van der Waals surface area contributed by atoms with E-state index < -0.39 is 0 Å². The number of halogens is 2. The fourth-order valence-electron chi connectivity index (χ4n) is 1.89. The van der Waals surface area contributed by atoms with E-state index in [0.29, 0.717) is 0 Å². The summed E-state index contributed by atoms with van der Waals surface area (Å²) < 4.78 is 0. The van der Waals surface area contributed by atoms with Gasteiger partial charge in [-0.05, 0) is 30.3 Å². The maximum absolute atomic E-state index is 6.15. The van der Waals surface area contributed by atoms with Gasteiger partial charge in [-0.2, -0.15) is 0 Å². The van der Waals surface area contributed by atoms with Crippen LogP contribution < -0.4 is 0 Å². The molecule has 3 heteroatoms. The zero-order valence-electron chi connectivity index (χ0n) is 10.2. The summed E-state index contributed by atoms with van der Waals surface area (Å²) >= 11 is 12.3. The van der Waals surface area contributed by atoms with Crippen LogP contribution >= 0.6 is 23.2 Å². The molecule has 0 bridgehead atoms. The first-order chi connectivity index (χ1) is 8.66. The van der Waals surface area contributed by atoms with Gasteiger partial charge < -0.3 is 0 Å². The molecule has 0 aliphatic rings. The normalized spacial score (nSPS) is 10.9. The Balaban J connectivity index is 2.04. The molecule has 0 fully saturated rings. The Labute approximate surface area is 118 Å². The summed E-state index contributed by atoms with van der Waals surface area (Å²) in [5, 5.41) is 1.62. The number of hydrogen-bond donors (Lipinski definition) is 0. The van der Waals surface area contributed by atoms with Crippen molar-refractivity contribution in [3.63, 3.8) is 0 Å². The summed E-state index contributed by atoms with van der Waals surface area (Å²) in [5.41, 5.74) is 2.27. The lowest BCUT2D eigenvalue weighted by molar-refractivity contribution is 0.319. The molecular weight excluding hydrogens is 265 g/mol. The van der Waals surface area contributed by atoms with Gasteiger partial charge >= 0.3 is 0 Å². The van der Waals surface area contributed by atoms with Gasteiger partial charge in [-0.15, -0.1) is 0 Å². The highest BCUT2D eigenvalue weighted by molar-refractivity contribution is 6.31. The van der Waals surface area contributed by atoms with Gasteiger partial charge in [-0.25, -0.2) is 0 Å². The fourth-order valence-corrected chi connectivity index (χ4v) is 2.28. The molecule has 0 unspecified atom stereocenters. The summed E-state index contributed by atoms with van der Waals surface area (Å²) in [6.07, 6.45) is 0. The maximum Gasteiger partial charge on any atom is 0.0451 e. The molecular formula is C15H15Cl2N. The van der Waals surface area contributed by atoms with Crippen molar-refractivity contribution in [1.82, 2.24) is 4.90 Å². The molecule has 0 atom stereocenters. The largest absolute Gasteiger partial charge is 0.298 e. The lowest BCUT2D eigenvalue weighted by atomic mass is 10.2. The first-order valence-corrected chi connectivity index (χ1v) is 6.58. The van der Waals surface area contributed by atoms with Crippen LogP contribution in [0.15, 0.2) is 48.5 Å². The van der Waals surface area contributed by atoms with Crippen molar-refractivity contribution in [2.75, 3.05) is 7.05 Å². The quantitative estimate of drug-likeness (QED) is 0.789. The second-order valence-corrected chi connectivity index (χ2v) is 5.17. The van der Waals surface area contributed by atoms with Gasteiger partial charge in [-0.1, -0.05) is 59.6 Å². The van der Waals surface area contributed by atoms with Crippen molar-refractivity contribution in [3.8, 4) is 0 Å². The second kappa shape index (κ2) is 6.24. The minimum Gasteiger partial charge on any atom is -0.298 e. The summed E-state index contributed by atoms with van der Waals surface area (Å²) in [7, 11) is 2.06. The molecule has 0 saturated heterocycles. The number of hydrogen-bond acceptors (Lipinski definition) is 1. The average Bonchev–Trinajstić information content (AvgIpc) is 2.35. The molecule has 94 valence electrons. The molecule has 0 aliphatic carbocycles. The molecule has 0 N–H and O–H groups in total. The van der Waals surface area contributed by atoms with E-state index in [-0.39, 0.29) is 0 Å². The maximum atomic E-state index is 6.15. The second-order valence-electron chi connectivity index (χ2n) is 4.36.